The molecule has 0 aliphatic rings. The van der Waals surface area contributed by atoms with Gasteiger partial charge in [0.2, 0.25) is 0 Å². The zero-order valence-electron chi connectivity index (χ0n) is 10.1. The van der Waals surface area contributed by atoms with Crippen LogP contribution in [-0.4, -0.2) is 27.3 Å². The lowest BCUT2D eigenvalue weighted by atomic mass is 10.3. The second-order valence-corrected chi connectivity index (χ2v) is 4.00. The van der Waals surface area contributed by atoms with Gasteiger partial charge >= 0.3 is 5.97 Å². The van der Waals surface area contributed by atoms with E-state index in [0.717, 1.165) is 0 Å². The Morgan fingerprint density at radius 2 is 2.28 bits per heavy atom. The highest BCUT2D eigenvalue weighted by Crippen LogP contribution is 2.13. The standard InChI is InChI=1S/C12H12ClN3O2/c1-3-18-12(17)9-7-16(15-8(9)2)11-6-4-5-10(13)14-11/h4-7H,3H2,1-2H3. The third-order valence-corrected chi connectivity index (χ3v) is 2.54. The van der Waals surface area contributed by atoms with Gasteiger partial charge in [-0.1, -0.05) is 17.7 Å². The smallest absolute Gasteiger partial charge is 0.341 e. The number of hydrogen-bond donors (Lipinski definition) is 0. The predicted octanol–water partition coefficient (Wildman–Crippen LogP) is 2.41. The van der Waals surface area contributed by atoms with Crippen LogP contribution < -0.4 is 0 Å². The summed E-state index contributed by atoms with van der Waals surface area (Å²) in [5.41, 5.74) is 1.02. The average Bonchev–Trinajstić information content (AvgIpc) is 2.72. The second-order valence-electron chi connectivity index (χ2n) is 3.61. The van der Waals surface area contributed by atoms with Crippen LogP contribution in [0.2, 0.25) is 5.15 Å². The van der Waals surface area contributed by atoms with Crippen molar-refractivity contribution >= 4 is 17.6 Å². The summed E-state index contributed by atoms with van der Waals surface area (Å²) in [4.78, 5) is 15.8. The molecule has 0 aromatic carbocycles. The minimum atomic E-state index is -0.386. The molecule has 6 heteroatoms. The fourth-order valence-corrected chi connectivity index (χ4v) is 1.67. The van der Waals surface area contributed by atoms with Crippen molar-refractivity contribution in [2.45, 2.75) is 13.8 Å². The van der Waals surface area contributed by atoms with Gasteiger partial charge in [0.05, 0.1) is 12.3 Å². The highest BCUT2D eigenvalue weighted by molar-refractivity contribution is 6.29. The van der Waals surface area contributed by atoms with Crippen molar-refractivity contribution in [2.24, 2.45) is 0 Å². The first-order valence-electron chi connectivity index (χ1n) is 5.48. The molecule has 5 nitrogen and oxygen atoms in total. The molecular weight excluding hydrogens is 254 g/mol. The Labute approximate surface area is 109 Å². The van der Waals surface area contributed by atoms with Gasteiger partial charge in [-0.3, -0.25) is 0 Å². The number of rotatable bonds is 3. The molecule has 0 aliphatic carbocycles. The molecule has 2 heterocycles. The summed E-state index contributed by atoms with van der Waals surface area (Å²) in [5, 5.41) is 4.59. The molecule has 2 aromatic rings. The first-order chi connectivity index (χ1) is 8.61. The molecule has 0 unspecified atom stereocenters. The van der Waals surface area contributed by atoms with Crippen LogP contribution in [0, 0.1) is 6.92 Å². The molecule has 0 spiro atoms. The van der Waals surface area contributed by atoms with Gasteiger partial charge in [0, 0.05) is 6.20 Å². The number of pyridine rings is 1. The second kappa shape index (κ2) is 5.18. The zero-order chi connectivity index (χ0) is 13.1. The Hall–Kier alpha value is -1.88. The minimum Gasteiger partial charge on any atom is -0.462 e. The van der Waals surface area contributed by atoms with Crippen molar-refractivity contribution in [1.29, 1.82) is 0 Å². The number of carbonyl (C=O) groups is 1. The van der Waals surface area contributed by atoms with E-state index in [2.05, 4.69) is 10.1 Å². The highest BCUT2D eigenvalue weighted by atomic mass is 35.5. The van der Waals surface area contributed by atoms with Crippen LogP contribution in [0.15, 0.2) is 24.4 Å². The molecule has 0 fully saturated rings. The van der Waals surface area contributed by atoms with Crippen LogP contribution in [0.25, 0.3) is 5.82 Å². The van der Waals surface area contributed by atoms with E-state index < -0.39 is 0 Å². The van der Waals surface area contributed by atoms with Crippen molar-refractivity contribution in [1.82, 2.24) is 14.8 Å². The van der Waals surface area contributed by atoms with E-state index in [4.69, 9.17) is 16.3 Å². The molecule has 0 saturated heterocycles. The van der Waals surface area contributed by atoms with Gasteiger partial charge in [-0.25, -0.2) is 14.5 Å². The molecule has 94 valence electrons. The van der Waals surface area contributed by atoms with Gasteiger partial charge in [0.15, 0.2) is 5.82 Å². The normalized spacial score (nSPS) is 10.4. The van der Waals surface area contributed by atoms with Gasteiger partial charge in [-0.15, -0.1) is 0 Å². The SMILES string of the molecule is CCOC(=O)c1cn(-c2cccc(Cl)n2)nc1C. The lowest BCUT2D eigenvalue weighted by Crippen LogP contribution is -2.04. The van der Waals surface area contributed by atoms with E-state index in [0.29, 0.717) is 28.8 Å². The van der Waals surface area contributed by atoms with Crippen LogP contribution in [0.3, 0.4) is 0 Å². The van der Waals surface area contributed by atoms with Crippen molar-refractivity contribution in [3.05, 3.63) is 40.8 Å². The molecule has 2 rings (SSSR count). The summed E-state index contributed by atoms with van der Waals surface area (Å²) >= 11 is 5.81. The predicted molar refractivity (Wildman–Crippen MR) is 67.1 cm³/mol. The van der Waals surface area contributed by atoms with Crippen LogP contribution in [0.1, 0.15) is 23.0 Å². The molecule has 0 atom stereocenters. The first kappa shape index (κ1) is 12.6. The van der Waals surface area contributed by atoms with Gasteiger partial charge in [0.25, 0.3) is 0 Å². The highest BCUT2D eigenvalue weighted by Gasteiger charge is 2.15. The molecule has 18 heavy (non-hydrogen) atoms. The number of hydrogen-bond acceptors (Lipinski definition) is 4. The summed E-state index contributed by atoms with van der Waals surface area (Å²) in [6.07, 6.45) is 1.59. The molecular formula is C12H12ClN3O2. The van der Waals surface area contributed by atoms with Crippen LogP contribution >= 0.6 is 11.6 Å². The number of aryl methyl sites for hydroxylation is 1. The maximum absolute atomic E-state index is 11.7. The van der Waals surface area contributed by atoms with E-state index in [1.54, 1.807) is 38.2 Å². The summed E-state index contributed by atoms with van der Waals surface area (Å²) in [6.45, 7) is 3.84. The fourth-order valence-electron chi connectivity index (χ4n) is 1.51. The summed E-state index contributed by atoms with van der Waals surface area (Å²) in [5.74, 6) is 0.171. The lowest BCUT2D eigenvalue weighted by molar-refractivity contribution is 0.0525. The Bertz CT molecular complexity index is 580. The Kier molecular flexibility index (Phi) is 3.62. The molecule has 0 N–H and O–H groups in total. The minimum absolute atomic E-state index is 0.332. The first-order valence-corrected chi connectivity index (χ1v) is 5.86. The summed E-state index contributed by atoms with van der Waals surface area (Å²) in [6, 6.07) is 5.20. The zero-order valence-corrected chi connectivity index (χ0v) is 10.8. The maximum Gasteiger partial charge on any atom is 0.341 e. The van der Waals surface area contributed by atoms with Crippen LogP contribution in [-0.2, 0) is 4.74 Å². The van der Waals surface area contributed by atoms with Crippen molar-refractivity contribution < 1.29 is 9.53 Å². The van der Waals surface area contributed by atoms with E-state index in [1.165, 1.54) is 4.68 Å². The van der Waals surface area contributed by atoms with E-state index >= 15 is 0 Å². The van der Waals surface area contributed by atoms with Crippen molar-refractivity contribution in [3.8, 4) is 5.82 Å². The number of nitrogens with zero attached hydrogens (tertiary/aromatic N) is 3. The number of halogens is 1. The average molecular weight is 266 g/mol. The largest absolute Gasteiger partial charge is 0.462 e. The summed E-state index contributed by atoms with van der Waals surface area (Å²) in [7, 11) is 0. The van der Waals surface area contributed by atoms with Gasteiger partial charge in [-0.2, -0.15) is 5.10 Å². The van der Waals surface area contributed by atoms with Crippen LogP contribution in [0.4, 0.5) is 0 Å². The molecule has 0 saturated carbocycles. The van der Waals surface area contributed by atoms with E-state index in [-0.39, 0.29) is 5.97 Å². The number of carbonyl (C=O) groups excluding carboxylic acids is 1. The van der Waals surface area contributed by atoms with E-state index in [9.17, 15) is 4.79 Å². The Morgan fingerprint density at radius 1 is 1.50 bits per heavy atom. The van der Waals surface area contributed by atoms with Crippen molar-refractivity contribution in [3.63, 3.8) is 0 Å². The maximum atomic E-state index is 11.7. The Balaban J connectivity index is 2.37. The third-order valence-electron chi connectivity index (χ3n) is 2.33. The Morgan fingerprint density at radius 3 is 2.94 bits per heavy atom. The monoisotopic (exact) mass is 265 g/mol. The molecule has 2 aromatic heterocycles. The molecule has 0 aliphatic heterocycles. The van der Waals surface area contributed by atoms with Gasteiger partial charge in [-0.05, 0) is 26.0 Å². The van der Waals surface area contributed by atoms with Crippen LogP contribution in [0.5, 0.6) is 0 Å². The lowest BCUT2D eigenvalue weighted by Gasteiger charge is -1.99. The van der Waals surface area contributed by atoms with Gasteiger partial charge < -0.3 is 4.74 Å². The molecule has 0 bridgehead atoms. The quantitative estimate of drug-likeness (QED) is 0.632. The number of esters is 1. The number of ether oxygens (including phenoxy) is 1. The fraction of sp³-hybridized carbons (Fsp3) is 0.250. The topological polar surface area (TPSA) is 57.0 Å². The molecule has 0 radical (unpaired) electrons. The van der Waals surface area contributed by atoms with Crippen molar-refractivity contribution in [2.75, 3.05) is 6.61 Å². The third kappa shape index (κ3) is 2.51. The summed E-state index contributed by atoms with van der Waals surface area (Å²) < 4.78 is 6.45. The molecule has 0 amide bonds. The van der Waals surface area contributed by atoms with E-state index in [1.807, 2.05) is 0 Å². The van der Waals surface area contributed by atoms with Gasteiger partial charge in [0.1, 0.15) is 10.7 Å². The number of aromatic nitrogens is 3.